The molecule has 0 N–H and O–H groups in total. The number of rotatable bonds is 1. The fraction of sp³-hybridized carbons (Fsp3) is 0.111. The Hall–Kier alpha value is -1.84. The fourth-order valence-corrected chi connectivity index (χ4v) is 1.04. The van der Waals surface area contributed by atoms with Crippen molar-refractivity contribution in [2.45, 2.75) is 6.92 Å². The first-order valence-corrected chi connectivity index (χ1v) is 3.92. The van der Waals surface area contributed by atoms with Crippen molar-refractivity contribution in [2.24, 2.45) is 0 Å². The predicted octanol–water partition coefficient (Wildman–Crippen LogP) is 1.24. The van der Waals surface area contributed by atoms with E-state index in [0.717, 1.165) is 17.2 Å². The van der Waals surface area contributed by atoms with Crippen molar-refractivity contribution in [3.05, 3.63) is 36.7 Å². The van der Waals surface area contributed by atoms with E-state index in [-0.39, 0.29) is 0 Å². The van der Waals surface area contributed by atoms with Crippen LogP contribution in [0.5, 0.6) is 0 Å². The second-order valence-electron chi connectivity index (χ2n) is 2.58. The lowest BCUT2D eigenvalue weighted by molar-refractivity contribution is 1.04. The summed E-state index contributed by atoms with van der Waals surface area (Å²) in [5, 5.41) is 0. The Morgan fingerprint density at radius 1 is 1.00 bits per heavy atom. The molecule has 2 rings (SSSR count). The molecule has 2 aromatic heterocycles. The molecule has 0 bridgehead atoms. The summed E-state index contributed by atoms with van der Waals surface area (Å²) >= 11 is 0. The largest absolute Gasteiger partial charge is 0.245 e. The molecule has 13 heavy (non-hydrogen) atoms. The number of aryl methyl sites for hydroxylation is 1. The molecule has 4 heteroatoms. The first kappa shape index (κ1) is 7.79. The minimum Gasteiger partial charge on any atom is -0.245 e. The van der Waals surface area contributed by atoms with E-state index >= 15 is 0 Å². The first-order valence-electron chi connectivity index (χ1n) is 3.92. The number of aromatic nitrogens is 4. The van der Waals surface area contributed by atoms with Gasteiger partial charge >= 0.3 is 0 Å². The van der Waals surface area contributed by atoms with Crippen LogP contribution in [0.2, 0.25) is 0 Å². The summed E-state index contributed by atoms with van der Waals surface area (Å²) in [6.45, 7) is 1.85. The topological polar surface area (TPSA) is 51.6 Å². The molecule has 0 aromatic carbocycles. The van der Waals surface area contributed by atoms with Crippen molar-refractivity contribution in [1.82, 2.24) is 19.9 Å². The molecule has 4 nitrogen and oxygen atoms in total. The standard InChI is InChI=1S/C9H8N4/c1-7-11-5-3-9(13-7)8-2-4-10-6-12-8/h2-6H,1H3. The lowest BCUT2D eigenvalue weighted by Crippen LogP contribution is -1.91. The third kappa shape index (κ3) is 1.66. The Morgan fingerprint density at radius 3 is 2.54 bits per heavy atom. The molecule has 0 aliphatic heterocycles. The molecule has 64 valence electrons. The highest BCUT2D eigenvalue weighted by Crippen LogP contribution is 2.10. The van der Waals surface area contributed by atoms with E-state index in [1.165, 1.54) is 6.33 Å². The van der Waals surface area contributed by atoms with Crippen LogP contribution in [0.15, 0.2) is 30.9 Å². The lowest BCUT2D eigenvalue weighted by Gasteiger charge is -1.98. The third-order valence-corrected chi connectivity index (χ3v) is 1.62. The predicted molar refractivity (Wildman–Crippen MR) is 47.8 cm³/mol. The first-order chi connectivity index (χ1) is 6.36. The van der Waals surface area contributed by atoms with Gasteiger partial charge in [0.15, 0.2) is 0 Å². The molecule has 2 aromatic rings. The number of hydrogen-bond acceptors (Lipinski definition) is 4. The normalized spacial score (nSPS) is 9.92. The van der Waals surface area contributed by atoms with Crippen LogP contribution in [0.3, 0.4) is 0 Å². The molecule has 0 fully saturated rings. The van der Waals surface area contributed by atoms with Gasteiger partial charge in [-0.3, -0.25) is 0 Å². The Kier molecular flexibility index (Phi) is 1.96. The van der Waals surface area contributed by atoms with E-state index < -0.39 is 0 Å². The minimum absolute atomic E-state index is 0.746. The van der Waals surface area contributed by atoms with E-state index in [0.29, 0.717) is 0 Å². The van der Waals surface area contributed by atoms with Crippen LogP contribution in [0, 0.1) is 6.92 Å². The zero-order valence-electron chi connectivity index (χ0n) is 7.18. The van der Waals surface area contributed by atoms with E-state index in [4.69, 9.17) is 0 Å². The molecule has 0 aliphatic rings. The second kappa shape index (κ2) is 3.26. The zero-order valence-corrected chi connectivity index (χ0v) is 7.18. The van der Waals surface area contributed by atoms with Crippen molar-refractivity contribution >= 4 is 0 Å². The molecule has 0 atom stereocenters. The summed E-state index contributed by atoms with van der Waals surface area (Å²) in [4.78, 5) is 16.2. The molecular formula is C9H8N4. The van der Waals surface area contributed by atoms with E-state index in [1.54, 1.807) is 12.4 Å². The van der Waals surface area contributed by atoms with Gasteiger partial charge in [-0.2, -0.15) is 0 Å². The van der Waals surface area contributed by atoms with Gasteiger partial charge in [-0.25, -0.2) is 19.9 Å². The highest BCUT2D eigenvalue weighted by atomic mass is 14.9. The van der Waals surface area contributed by atoms with Crippen LogP contribution in [-0.4, -0.2) is 19.9 Å². The van der Waals surface area contributed by atoms with Gasteiger partial charge in [-0.1, -0.05) is 0 Å². The van der Waals surface area contributed by atoms with Gasteiger partial charge in [0.2, 0.25) is 0 Å². The lowest BCUT2D eigenvalue weighted by atomic mass is 10.3. The summed E-state index contributed by atoms with van der Waals surface area (Å²) in [5.74, 6) is 0.746. The molecule has 0 amide bonds. The molecule has 0 radical (unpaired) electrons. The van der Waals surface area contributed by atoms with Gasteiger partial charge in [-0.05, 0) is 19.1 Å². The van der Waals surface area contributed by atoms with Gasteiger partial charge in [0, 0.05) is 12.4 Å². The van der Waals surface area contributed by atoms with Crippen molar-refractivity contribution in [2.75, 3.05) is 0 Å². The average molecular weight is 172 g/mol. The maximum atomic E-state index is 4.24. The highest BCUT2D eigenvalue weighted by molar-refractivity contribution is 5.52. The molecule has 0 unspecified atom stereocenters. The monoisotopic (exact) mass is 172 g/mol. The second-order valence-corrected chi connectivity index (χ2v) is 2.58. The summed E-state index contributed by atoms with van der Waals surface area (Å²) < 4.78 is 0. The van der Waals surface area contributed by atoms with Crippen molar-refractivity contribution in [3.63, 3.8) is 0 Å². The van der Waals surface area contributed by atoms with Gasteiger partial charge in [-0.15, -0.1) is 0 Å². The number of nitrogens with zero attached hydrogens (tertiary/aromatic N) is 4. The SMILES string of the molecule is Cc1nccc(-c2ccncn2)n1. The van der Waals surface area contributed by atoms with Crippen LogP contribution >= 0.6 is 0 Å². The van der Waals surface area contributed by atoms with Crippen LogP contribution in [0.25, 0.3) is 11.4 Å². The van der Waals surface area contributed by atoms with Crippen LogP contribution in [0.4, 0.5) is 0 Å². The van der Waals surface area contributed by atoms with Crippen LogP contribution in [-0.2, 0) is 0 Å². The van der Waals surface area contributed by atoms with Crippen LogP contribution < -0.4 is 0 Å². The minimum atomic E-state index is 0.746. The van der Waals surface area contributed by atoms with Crippen LogP contribution in [0.1, 0.15) is 5.82 Å². The molecular weight excluding hydrogens is 164 g/mol. The fourth-order valence-electron chi connectivity index (χ4n) is 1.04. The van der Waals surface area contributed by atoms with Crippen molar-refractivity contribution < 1.29 is 0 Å². The molecule has 0 spiro atoms. The summed E-state index contributed by atoms with van der Waals surface area (Å²) in [6, 6.07) is 3.65. The van der Waals surface area contributed by atoms with Gasteiger partial charge < -0.3 is 0 Å². The van der Waals surface area contributed by atoms with Crippen molar-refractivity contribution in [1.29, 1.82) is 0 Å². The van der Waals surface area contributed by atoms with E-state index in [1.807, 2.05) is 19.1 Å². The highest BCUT2D eigenvalue weighted by Gasteiger charge is 1.99. The molecule has 0 saturated carbocycles. The Balaban J connectivity index is 2.48. The Morgan fingerprint density at radius 2 is 1.85 bits per heavy atom. The maximum absolute atomic E-state index is 4.24. The van der Waals surface area contributed by atoms with Gasteiger partial charge in [0.1, 0.15) is 12.2 Å². The quantitative estimate of drug-likeness (QED) is 0.649. The third-order valence-electron chi connectivity index (χ3n) is 1.62. The molecule has 0 saturated heterocycles. The van der Waals surface area contributed by atoms with Gasteiger partial charge in [0.25, 0.3) is 0 Å². The molecule has 0 aliphatic carbocycles. The Labute approximate surface area is 75.7 Å². The smallest absolute Gasteiger partial charge is 0.125 e. The zero-order chi connectivity index (χ0) is 9.10. The summed E-state index contributed by atoms with van der Waals surface area (Å²) in [7, 11) is 0. The Bertz CT molecular complexity index is 399. The van der Waals surface area contributed by atoms with E-state index in [9.17, 15) is 0 Å². The van der Waals surface area contributed by atoms with Crippen molar-refractivity contribution in [3.8, 4) is 11.4 Å². The number of hydrogen-bond donors (Lipinski definition) is 0. The summed E-state index contributed by atoms with van der Waals surface area (Å²) in [5.41, 5.74) is 1.65. The molecule has 2 heterocycles. The summed E-state index contributed by atoms with van der Waals surface area (Å²) in [6.07, 6.45) is 4.92. The average Bonchev–Trinajstić information content (AvgIpc) is 2.19. The maximum Gasteiger partial charge on any atom is 0.125 e. The van der Waals surface area contributed by atoms with Gasteiger partial charge in [0.05, 0.1) is 11.4 Å². The van der Waals surface area contributed by atoms with E-state index in [2.05, 4.69) is 19.9 Å².